The third-order valence-corrected chi connectivity index (χ3v) is 4.49. The summed E-state index contributed by atoms with van der Waals surface area (Å²) in [5.41, 5.74) is -5.11. The van der Waals surface area contributed by atoms with Gasteiger partial charge < -0.3 is 4.74 Å². The second-order valence-corrected chi connectivity index (χ2v) is 6.41. The third kappa shape index (κ3) is 3.07. The number of carbonyl (C=O) groups excluding carboxylic acids is 3. The molecule has 0 saturated carbocycles. The number of ether oxygens (including phenoxy) is 1. The fraction of sp³-hybridized carbons (Fsp3) is 0.375. The van der Waals surface area contributed by atoms with Gasteiger partial charge in [0.25, 0.3) is 11.6 Å². The summed E-state index contributed by atoms with van der Waals surface area (Å²) in [5, 5.41) is 15.4. The molecular formula is C16H13F3N4O6. The Morgan fingerprint density at radius 2 is 2.03 bits per heavy atom. The summed E-state index contributed by atoms with van der Waals surface area (Å²) in [4.78, 5) is 47.5. The van der Waals surface area contributed by atoms with E-state index in [0.717, 1.165) is 6.07 Å². The zero-order valence-electron chi connectivity index (χ0n) is 15.0. The van der Waals surface area contributed by atoms with Crippen molar-refractivity contribution in [3.8, 4) is 0 Å². The molecule has 2 heterocycles. The second kappa shape index (κ2) is 6.53. The minimum atomic E-state index is -5.08. The fourth-order valence-electron chi connectivity index (χ4n) is 3.11. The number of imide groups is 1. The summed E-state index contributed by atoms with van der Waals surface area (Å²) >= 11 is 0. The first-order valence-corrected chi connectivity index (χ1v) is 8.20. The average molecular weight is 414 g/mol. The highest BCUT2D eigenvalue weighted by Gasteiger charge is 2.60. The maximum atomic E-state index is 13.2. The molecule has 1 fully saturated rings. The first-order valence-electron chi connectivity index (χ1n) is 8.20. The van der Waals surface area contributed by atoms with Crippen LogP contribution in [-0.4, -0.2) is 45.7 Å². The van der Waals surface area contributed by atoms with Crippen molar-refractivity contribution in [1.29, 1.82) is 0 Å². The summed E-state index contributed by atoms with van der Waals surface area (Å²) in [6, 6.07) is 0.705. The number of carbonyl (C=O) groups is 3. The molecule has 0 N–H and O–H groups in total. The number of anilines is 1. The molecule has 3 amide bonds. The van der Waals surface area contributed by atoms with Crippen molar-refractivity contribution >= 4 is 35.0 Å². The molecule has 1 atom stereocenters. The van der Waals surface area contributed by atoms with E-state index in [1.54, 1.807) is 6.92 Å². The minimum Gasteiger partial charge on any atom is -0.461 e. The maximum Gasteiger partial charge on any atom is 0.423 e. The lowest BCUT2D eigenvalue weighted by Gasteiger charge is -2.20. The molecule has 13 heteroatoms. The van der Waals surface area contributed by atoms with Crippen LogP contribution in [0.15, 0.2) is 23.3 Å². The summed E-state index contributed by atoms with van der Waals surface area (Å²) in [6.45, 7) is 2.91. The van der Waals surface area contributed by atoms with Crippen LogP contribution >= 0.6 is 0 Å². The molecule has 29 heavy (non-hydrogen) atoms. The molecule has 1 unspecified atom stereocenters. The van der Waals surface area contributed by atoms with Crippen LogP contribution in [0.25, 0.3) is 0 Å². The van der Waals surface area contributed by atoms with Crippen LogP contribution in [0.1, 0.15) is 25.8 Å². The van der Waals surface area contributed by atoms with E-state index in [1.807, 2.05) is 0 Å². The summed E-state index contributed by atoms with van der Waals surface area (Å²) < 4.78 is 44.4. The lowest BCUT2D eigenvalue weighted by atomic mass is 9.95. The van der Waals surface area contributed by atoms with E-state index in [9.17, 15) is 37.7 Å². The molecule has 1 aromatic carbocycles. The van der Waals surface area contributed by atoms with E-state index < -0.39 is 51.5 Å². The predicted molar refractivity (Wildman–Crippen MR) is 89.9 cm³/mol. The number of nitro benzene ring substituents is 1. The zero-order valence-corrected chi connectivity index (χ0v) is 15.0. The number of rotatable bonds is 4. The van der Waals surface area contributed by atoms with Crippen molar-refractivity contribution in [3.63, 3.8) is 0 Å². The highest BCUT2D eigenvalue weighted by Crippen LogP contribution is 2.42. The van der Waals surface area contributed by atoms with Gasteiger partial charge in [-0.05, 0) is 26.0 Å². The molecule has 10 nitrogen and oxygen atoms in total. The van der Waals surface area contributed by atoms with Gasteiger partial charge in [0.05, 0.1) is 17.2 Å². The van der Waals surface area contributed by atoms with E-state index in [2.05, 4.69) is 5.10 Å². The number of halogens is 3. The molecule has 0 bridgehead atoms. The Morgan fingerprint density at radius 3 is 2.55 bits per heavy atom. The minimum absolute atomic E-state index is 0.0472. The van der Waals surface area contributed by atoms with Gasteiger partial charge in [-0.2, -0.15) is 23.3 Å². The van der Waals surface area contributed by atoms with Crippen molar-refractivity contribution < 1.29 is 37.2 Å². The van der Waals surface area contributed by atoms with Crippen LogP contribution < -0.4 is 4.90 Å². The van der Waals surface area contributed by atoms with Crippen molar-refractivity contribution in [2.75, 3.05) is 11.5 Å². The van der Waals surface area contributed by atoms with Crippen LogP contribution in [0.4, 0.5) is 29.3 Å². The number of amides is 3. The van der Waals surface area contributed by atoms with Crippen molar-refractivity contribution in [2.24, 2.45) is 5.10 Å². The monoisotopic (exact) mass is 414 g/mol. The number of nitrogens with zero attached hydrogens (tertiary/aromatic N) is 4. The number of hydrazone groups is 1. The highest BCUT2D eigenvalue weighted by molar-refractivity contribution is 6.40. The molecule has 154 valence electrons. The number of fused-ring (bicyclic) bond motifs is 1. The van der Waals surface area contributed by atoms with E-state index >= 15 is 0 Å². The number of nitro groups is 1. The smallest absolute Gasteiger partial charge is 0.423 e. The molecule has 1 aromatic rings. The second-order valence-electron chi connectivity index (χ2n) is 6.41. The van der Waals surface area contributed by atoms with Gasteiger partial charge in [-0.25, -0.2) is 14.5 Å². The molecule has 0 aliphatic carbocycles. The normalized spacial score (nSPS) is 21.3. The Bertz CT molecular complexity index is 976. The predicted octanol–water partition coefficient (Wildman–Crippen LogP) is 2.46. The largest absolute Gasteiger partial charge is 0.461 e. The first-order chi connectivity index (χ1) is 13.4. The zero-order chi connectivity index (χ0) is 21.7. The molecule has 0 spiro atoms. The van der Waals surface area contributed by atoms with Crippen LogP contribution in [0.5, 0.6) is 0 Å². The molecule has 1 saturated heterocycles. The standard InChI is InChI=1S/C16H13F3N4O6/c1-3-29-12(24)10-7-15(2)13(25)21(14(26)22(15)20-10)8-4-5-11(23(27)28)9(6-8)16(17,18)19/h4-6H,3,7H2,1-2H3. The van der Waals surface area contributed by atoms with E-state index in [1.165, 1.54) is 6.92 Å². The number of alkyl halides is 3. The number of benzene rings is 1. The van der Waals surface area contributed by atoms with Gasteiger partial charge in [0.2, 0.25) is 0 Å². The molecule has 2 aliphatic heterocycles. The molecule has 3 rings (SSSR count). The number of hydrogen-bond donors (Lipinski definition) is 0. The van der Waals surface area contributed by atoms with Gasteiger partial charge in [-0.1, -0.05) is 0 Å². The van der Waals surface area contributed by atoms with Crippen LogP contribution in [-0.2, 0) is 20.5 Å². The van der Waals surface area contributed by atoms with Crippen LogP contribution in [0.3, 0.4) is 0 Å². The van der Waals surface area contributed by atoms with Crippen molar-refractivity contribution in [1.82, 2.24) is 5.01 Å². The van der Waals surface area contributed by atoms with Gasteiger partial charge in [0.1, 0.15) is 11.3 Å². The molecular weight excluding hydrogens is 401 g/mol. The third-order valence-electron chi connectivity index (χ3n) is 4.49. The Balaban J connectivity index is 2.03. The topological polar surface area (TPSA) is 122 Å². The Kier molecular flexibility index (Phi) is 4.56. The van der Waals surface area contributed by atoms with Crippen molar-refractivity contribution in [2.45, 2.75) is 32.0 Å². The van der Waals surface area contributed by atoms with Gasteiger partial charge in [0, 0.05) is 12.5 Å². The first kappa shape index (κ1) is 20.2. The Labute approximate surface area is 160 Å². The lowest BCUT2D eigenvalue weighted by Crippen LogP contribution is -2.42. The lowest BCUT2D eigenvalue weighted by molar-refractivity contribution is -0.388. The summed E-state index contributed by atoms with van der Waals surface area (Å²) in [7, 11) is 0. The van der Waals surface area contributed by atoms with Gasteiger partial charge >= 0.3 is 18.2 Å². The molecule has 0 radical (unpaired) electrons. The highest BCUT2D eigenvalue weighted by atomic mass is 19.4. The Hall–Kier alpha value is -3.51. The number of hydrogen-bond acceptors (Lipinski definition) is 7. The van der Waals surface area contributed by atoms with E-state index in [-0.39, 0.29) is 18.7 Å². The van der Waals surface area contributed by atoms with Crippen LogP contribution in [0, 0.1) is 10.1 Å². The van der Waals surface area contributed by atoms with E-state index in [4.69, 9.17) is 4.74 Å². The SMILES string of the molecule is CCOC(=O)C1=NN2C(=O)N(c3ccc([N+](=O)[O-])c(C(F)(F)F)c3)C(=O)C2(C)C1. The fourth-order valence-corrected chi connectivity index (χ4v) is 3.11. The molecule has 0 aromatic heterocycles. The molecule has 2 aliphatic rings. The van der Waals surface area contributed by atoms with E-state index in [0.29, 0.717) is 22.0 Å². The number of urea groups is 1. The van der Waals surface area contributed by atoms with Gasteiger partial charge in [0.15, 0.2) is 5.54 Å². The number of esters is 1. The van der Waals surface area contributed by atoms with Gasteiger partial charge in [-0.15, -0.1) is 0 Å². The maximum absolute atomic E-state index is 13.2. The van der Waals surface area contributed by atoms with Gasteiger partial charge in [-0.3, -0.25) is 14.9 Å². The summed E-state index contributed by atoms with van der Waals surface area (Å²) in [6.07, 6.45) is -5.37. The quantitative estimate of drug-likeness (QED) is 0.323. The van der Waals surface area contributed by atoms with Crippen molar-refractivity contribution in [3.05, 3.63) is 33.9 Å². The Morgan fingerprint density at radius 1 is 1.38 bits per heavy atom. The summed E-state index contributed by atoms with van der Waals surface area (Å²) in [5.74, 6) is -1.74. The van der Waals surface area contributed by atoms with Crippen LogP contribution in [0.2, 0.25) is 0 Å². The average Bonchev–Trinajstić information content (AvgIpc) is 3.07.